The molecule has 130 valence electrons. The first-order valence-electron chi connectivity index (χ1n) is 8.70. The van der Waals surface area contributed by atoms with E-state index in [0.29, 0.717) is 18.4 Å². The van der Waals surface area contributed by atoms with Crippen molar-refractivity contribution in [1.29, 1.82) is 0 Å². The number of piperidine rings is 1. The summed E-state index contributed by atoms with van der Waals surface area (Å²) in [6.07, 6.45) is 6.20. The maximum Gasteiger partial charge on any atom is 0.159 e. The Bertz CT molecular complexity index is 673. The topological polar surface area (TPSA) is 21.1 Å². The number of hydrogen-bond acceptors (Lipinski definition) is 2. The molecular formula is C19H25F2N3. The summed E-state index contributed by atoms with van der Waals surface area (Å²) in [5, 5.41) is 0. The molecule has 24 heavy (non-hydrogen) atoms. The Balaban J connectivity index is 1.52. The Morgan fingerprint density at radius 2 is 1.92 bits per heavy atom. The summed E-state index contributed by atoms with van der Waals surface area (Å²) in [5.41, 5.74) is 0.837. The zero-order valence-corrected chi connectivity index (χ0v) is 14.4. The molecule has 1 aliphatic heterocycles. The van der Waals surface area contributed by atoms with Gasteiger partial charge in [-0.3, -0.25) is 4.90 Å². The first-order chi connectivity index (χ1) is 11.5. The molecule has 3 nitrogen and oxygen atoms in total. The van der Waals surface area contributed by atoms with Crippen LogP contribution in [0.2, 0.25) is 0 Å². The van der Waals surface area contributed by atoms with Crippen LogP contribution < -0.4 is 0 Å². The van der Waals surface area contributed by atoms with E-state index in [2.05, 4.69) is 34.5 Å². The van der Waals surface area contributed by atoms with Crippen LogP contribution in [0.25, 0.3) is 0 Å². The van der Waals surface area contributed by atoms with Crippen LogP contribution >= 0.6 is 0 Å². The van der Waals surface area contributed by atoms with Crippen LogP contribution in [0.1, 0.15) is 44.0 Å². The van der Waals surface area contributed by atoms with Gasteiger partial charge in [0.25, 0.3) is 0 Å². The van der Waals surface area contributed by atoms with Gasteiger partial charge < -0.3 is 4.57 Å². The molecule has 1 aliphatic rings. The number of nitrogens with zero attached hydrogens (tertiary/aromatic N) is 3. The molecule has 0 unspecified atom stereocenters. The van der Waals surface area contributed by atoms with Crippen LogP contribution in [0.5, 0.6) is 0 Å². The van der Waals surface area contributed by atoms with Gasteiger partial charge in [-0.15, -0.1) is 0 Å². The number of aromatic nitrogens is 2. The van der Waals surface area contributed by atoms with Gasteiger partial charge in [-0.2, -0.15) is 0 Å². The monoisotopic (exact) mass is 333 g/mol. The van der Waals surface area contributed by atoms with E-state index in [0.717, 1.165) is 43.9 Å². The highest BCUT2D eigenvalue weighted by Gasteiger charge is 2.21. The average Bonchev–Trinajstić information content (AvgIpc) is 3.01. The minimum absolute atomic E-state index is 0.438. The molecule has 5 heteroatoms. The molecular weight excluding hydrogens is 308 g/mol. The Morgan fingerprint density at radius 3 is 2.58 bits per heavy atom. The highest BCUT2D eigenvalue weighted by molar-refractivity contribution is 5.17. The molecule has 0 spiro atoms. The predicted octanol–water partition coefficient (Wildman–Crippen LogP) is 4.20. The highest BCUT2D eigenvalue weighted by atomic mass is 19.2. The first kappa shape index (κ1) is 17.1. The summed E-state index contributed by atoms with van der Waals surface area (Å²) in [4.78, 5) is 6.77. The second-order valence-electron chi connectivity index (χ2n) is 7.06. The minimum Gasteiger partial charge on any atom is -0.334 e. The normalized spacial score (nSPS) is 16.9. The van der Waals surface area contributed by atoms with Gasteiger partial charge in [-0.1, -0.05) is 19.9 Å². The van der Waals surface area contributed by atoms with Crippen LogP contribution in [-0.4, -0.2) is 27.5 Å². The molecule has 3 rings (SSSR count). The van der Waals surface area contributed by atoms with Crippen molar-refractivity contribution >= 4 is 0 Å². The van der Waals surface area contributed by atoms with Crippen LogP contribution in [-0.2, 0) is 13.1 Å². The van der Waals surface area contributed by atoms with Gasteiger partial charge in [-0.05, 0) is 49.5 Å². The minimum atomic E-state index is -0.779. The molecule has 1 fully saturated rings. The molecule has 1 aromatic carbocycles. The molecule has 0 bridgehead atoms. The number of halogens is 2. The molecule has 2 heterocycles. The van der Waals surface area contributed by atoms with Gasteiger partial charge in [0, 0.05) is 31.4 Å². The standard InChI is InChI=1S/C19H25F2N3/c1-14(2)19-22-7-10-24(19)13-15-5-8-23(9-6-15)12-16-3-4-17(20)18(21)11-16/h3-4,7,10-11,14-15H,5-6,8-9,12-13H2,1-2H3. The van der Waals surface area contributed by atoms with Gasteiger partial charge in [0.2, 0.25) is 0 Å². The molecule has 0 amide bonds. The zero-order chi connectivity index (χ0) is 17.1. The SMILES string of the molecule is CC(C)c1nccn1CC1CCN(Cc2ccc(F)c(F)c2)CC1. The van der Waals surface area contributed by atoms with Crippen LogP contribution in [0, 0.1) is 17.6 Å². The lowest BCUT2D eigenvalue weighted by Crippen LogP contribution is -2.34. The molecule has 2 aromatic rings. The van der Waals surface area contributed by atoms with Gasteiger partial charge in [0.1, 0.15) is 5.82 Å². The van der Waals surface area contributed by atoms with Crippen molar-refractivity contribution in [3.63, 3.8) is 0 Å². The molecule has 1 aromatic heterocycles. The van der Waals surface area contributed by atoms with Crippen molar-refractivity contribution in [2.75, 3.05) is 13.1 Å². The number of imidazole rings is 1. The van der Waals surface area contributed by atoms with E-state index in [1.54, 1.807) is 6.07 Å². The van der Waals surface area contributed by atoms with E-state index >= 15 is 0 Å². The van der Waals surface area contributed by atoms with Crippen molar-refractivity contribution in [3.05, 3.63) is 53.6 Å². The fourth-order valence-electron chi connectivity index (χ4n) is 3.48. The predicted molar refractivity (Wildman–Crippen MR) is 90.7 cm³/mol. The molecule has 0 N–H and O–H groups in total. The first-order valence-corrected chi connectivity index (χ1v) is 8.70. The van der Waals surface area contributed by atoms with Gasteiger partial charge in [0.05, 0.1) is 0 Å². The maximum absolute atomic E-state index is 13.3. The largest absolute Gasteiger partial charge is 0.334 e. The van der Waals surface area contributed by atoms with Gasteiger partial charge in [-0.25, -0.2) is 13.8 Å². The lowest BCUT2D eigenvalue weighted by atomic mass is 9.96. The van der Waals surface area contributed by atoms with Crippen molar-refractivity contribution in [3.8, 4) is 0 Å². The van der Waals surface area contributed by atoms with Crippen molar-refractivity contribution < 1.29 is 8.78 Å². The van der Waals surface area contributed by atoms with E-state index in [9.17, 15) is 8.78 Å². The maximum atomic E-state index is 13.3. The van der Waals surface area contributed by atoms with E-state index < -0.39 is 11.6 Å². The molecule has 0 atom stereocenters. The number of hydrogen-bond donors (Lipinski definition) is 0. The second-order valence-corrected chi connectivity index (χ2v) is 7.06. The lowest BCUT2D eigenvalue weighted by molar-refractivity contribution is 0.166. The van der Waals surface area contributed by atoms with E-state index in [-0.39, 0.29) is 0 Å². The zero-order valence-electron chi connectivity index (χ0n) is 14.4. The van der Waals surface area contributed by atoms with E-state index in [1.807, 2.05) is 6.20 Å². The van der Waals surface area contributed by atoms with Crippen LogP contribution in [0.3, 0.4) is 0 Å². The average molecular weight is 333 g/mol. The summed E-state index contributed by atoms with van der Waals surface area (Å²) in [7, 11) is 0. The second kappa shape index (κ2) is 7.43. The quantitative estimate of drug-likeness (QED) is 0.818. The lowest BCUT2D eigenvalue weighted by Gasteiger charge is -2.32. The molecule has 0 saturated carbocycles. The molecule has 0 aliphatic carbocycles. The third-order valence-corrected chi connectivity index (χ3v) is 4.82. The third kappa shape index (κ3) is 4.01. The fraction of sp³-hybridized carbons (Fsp3) is 0.526. The third-order valence-electron chi connectivity index (χ3n) is 4.82. The summed E-state index contributed by atoms with van der Waals surface area (Å²) < 4.78 is 28.6. The molecule has 0 radical (unpaired) electrons. The fourth-order valence-corrected chi connectivity index (χ4v) is 3.48. The summed E-state index contributed by atoms with van der Waals surface area (Å²) in [6.45, 7) is 8.04. The number of rotatable bonds is 5. The van der Waals surface area contributed by atoms with Crippen molar-refractivity contribution in [2.24, 2.45) is 5.92 Å². The Morgan fingerprint density at radius 1 is 1.17 bits per heavy atom. The van der Waals surface area contributed by atoms with Crippen LogP contribution in [0.15, 0.2) is 30.6 Å². The Hall–Kier alpha value is -1.75. The van der Waals surface area contributed by atoms with Crippen LogP contribution in [0.4, 0.5) is 8.78 Å². The summed E-state index contributed by atoms with van der Waals surface area (Å²) in [5.74, 6) is 0.702. The summed E-state index contributed by atoms with van der Waals surface area (Å²) in [6, 6.07) is 4.19. The smallest absolute Gasteiger partial charge is 0.159 e. The summed E-state index contributed by atoms with van der Waals surface area (Å²) >= 11 is 0. The van der Waals surface area contributed by atoms with Gasteiger partial charge >= 0.3 is 0 Å². The van der Waals surface area contributed by atoms with Gasteiger partial charge in [0.15, 0.2) is 11.6 Å². The van der Waals surface area contributed by atoms with Crippen molar-refractivity contribution in [1.82, 2.24) is 14.5 Å². The highest BCUT2D eigenvalue weighted by Crippen LogP contribution is 2.23. The van der Waals surface area contributed by atoms with Crippen molar-refractivity contribution in [2.45, 2.75) is 45.7 Å². The Kier molecular flexibility index (Phi) is 5.29. The molecule has 1 saturated heterocycles. The van der Waals surface area contributed by atoms with E-state index in [4.69, 9.17) is 0 Å². The van der Waals surface area contributed by atoms with E-state index in [1.165, 1.54) is 12.1 Å². The Labute approximate surface area is 142 Å². The number of benzene rings is 1. The number of likely N-dealkylation sites (tertiary alicyclic amines) is 1.